The van der Waals surface area contributed by atoms with Crippen molar-refractivity contribution < 1.29 is 8.42 Å². The third kappa shape index (κ3) is 3.04. The van der Waals surface area contributed by atoms with Crippen molar-refractivity contribution >= 4 is 10.0 Å². The largest absolute Gasteiger partial charge is 0.313 e. The van der Waals surface area contributed by atoms with Crippen molar-refractivity contribution in [2.75, 3.05) is 13.1 Å². The number of sulfonamides is 1. The maximum absolute atomic E-state index is 12.9. The molecule has 20 heavy (non-hydrogen) atoms. The molecule has 3 fully saturated rings. The molecule has 5 heteroatoms. The first-order valence-corrected chi connectivity index (χ1v) is 9.83. The Hall–Kier alpha value is -0.130. The number of nitrogens with one attached hydrogen (secondary N) is 1. The third-order valence-corrected chi connectivity index (χ3v) is 7.59. The van der Waals surface area contributed by atoms with E-state index in [2.05, 4.69) is 5.32 Å². The van der Waals surface area contributed by atoms with Crippen LogP contribution in [0.3, 0.4) is 0 Å². The normalized spacial score (nSPS) is 33.6. The van der Waals surface area contributed by atoms with Gasteiger partial charge in [0.25, 0.3) is 0 Å². The van der Waals surface area contributed by atoms with Crippen LogP contribution in [0.25, 0.3) is 0 Å². The summed E-state index contributed by atoms with van der Waals surface area (Å²) in [4.78, 5) is 0. The molecule has 3 atom stereocenters. The highest BCUT2D eigenvalue weighted by molar-refractivity contribution is 7.89. The fourth-order valence-electron chi connectivity index (χ4n) is 3.85. The van der Waals surface area contributed by atoms with E-state index in [4.69, 9.17) is 0 Å². The topological polar surface area (TPSA) is 49.4 Å². The van der Waals surface area contributed by atoms with Crippen molar-refractivity contribution in [3.05, 3.63) is 0 Å². The lowest BCUT2D eigenvalue weighted by molar-refractivity contribution is 0.128. The van der Waals surface area contributed by atoms with Crippen LogP contribution in [0.4, 0.5) is 0 Å². The smallest absolute Gasteiger partial charge is 0.218 e. The van der Waals surface area contributed by atoms with E-state index in [1.807, 2.05) is 11.2 Å². The molecule has 3 aliphatic rings. The molecule has 3 rings (SSSR count). The van der Waals surface area contributed by atoms with Gasteiger partial charge in [-0.15, -0.1) is 0 Å². The highest BCUT2D eigenvalue weighted by Gasteiger charge is 2.41. The Morgan fingerprint density at radius 2 is 1.80 bits per heavy atom. The van der Waals surface area contributed by atoms with Crippen LogP contribution in [-0.4, -0.2) is 43.1 Å². The molecule has 0 spiro atoms. The van der Waals surface area contributed by atoms with Crippen molar-refractivity contribution in [2.45, 2.75) is 75.6 Å². The van der Waals surface area contributed by atoms with Gasteiger partial charge in [-0.1, -0.05) is 12.8 Å². The molecular formula is C15H28N2O2S. The van der Waals surface area contributed by atoms with Crippen LogP contribution in [0.1, 0.15) is 58.3 Å². The minimum Gasteiger partial charge on any atom is -0.313 e. The zero-order valence-corrected chi connectivity index (χ0v) is 13.4. The Labute approximate surface area is 123 Å². The van der Waals surface area contributed by atoms with Crippen molar-refractivity contribution in [2.24, 2.45) is 5.92 Å². The van der Waals surface area contributed by atoms with Gasteiger partial charge in [-0.2, -0.15) is 4.31 Å². The van der Waals surface area contributed by atoms with Gasteiger partial charge in [0.15, 0.2) is 0 Å². The van der Waals surface area contributed by atoms with Gasteiger partial charge in [0, 0.05) is 25.2 Å². The predicted octanol–water partition coefficient (Wildman–Crippen LogP) is 2.11. The monoisotopic (exact) mass is 300 g/mol. The summed E-state index contributed by atoms with van der Waals surface area (Å²) in [5.41, 5.74) is 0. The molecule has 1 N–H and O–H groups in total. The van der Waals surface area contributed by atoms with E-state index in [9.17, 15) is 8.42 Å². The van der Waals surface area contributed by atoms with E-state index in [0.717, 1.165) is 19.4 Å². The Morgan fingerprint density at radius 3 is 2.55 bits per heavy atom. The van der Waals surface area contributed by atoms with Gasteiger partial charge >= 0.3 is 0 Å². The van der Waals surface area contributed by atoms with Gasteiger partial charge in [-0.3, -0.25) is 0 Å². The fourth-order valence-corrected chi connectivity index (χ4v) is 5.66. The Bertz CT molecular complexity index is 431. The predicted molar refractivity (Wildman–Crippen MR) is 81.1 cm³/mol. The highest BCUT2D eigenvalue weighted by atomic mass is 32.2. The van der Waals surface area contributed by atoms with Crippen LogP contribution in [0.2, 0.25) is 0 Å². The molecule has 0 bridgehead atoms. The van der Waals surface area contributed by atoms with Gasteiger partial charge in [-0.05, 0) is 51.4 Å². The number of hydrogen-bond donors (Lipinski definition) is 1. The van der Waals surface area contributed by atoms with Gasteiger partial charge in [0.05, 0.1) is 5.25 Å². The number of piperidine rings is 1. The van der Waals surface area contributed by atoms with E-state index in [-0.39, 0.29) is 5.25 Å². The van der Waals surface area contributed by atoms with Gasteiger partial charge < -0.3 is 5.32 Å². The van der Waals surface area contributed by atoms with Crippen molar-refractivity contribution in [1.29, 1.82) is 0 Å². The number of hydrogen-bond acceptors (Lipinski definition) is 3. The average Bonchev–Trinajstić information content (AvgIpc) is 3.28. The number of fused-ring (bicyclic) bond motifs is 1. The van der Waals surface area contributed by atoms with E-state index in [1.165, 1.54) is 38.5 Å². The lowest BCUT2D eigenvalue weighted by Gasteiger charge is -2.44. The second-order valence-corrected chi connectivity index (χ2v) is 9.21. The zero-order valence-electron chi connectivity index (χ0n) is 12.6. The number of nitrogens with zero attached hydrogens (tertiary/aromatic N) is 1. The SMILES string of the molecule is CC(CNC1CC1)S(=O)(=O)N1CCC[C@H]2CCCC[C@H]21. The first-order chi connectivity index (χ1) is 9.59. The molecule has 2 aliphatic carbocycles. The maximum Gasteiger partial charge on any atom is 0.218 e. The Balaban J connectivity index is 1.67. The summed E-state index contributed by atoms with van der Waals surface area (Å²) in [6.45, 7) is 3.23. The third-order valence-electron chi connectivity index (χ3n) is 5.30. The molecular weight excluding hydrogens is 272 g/mol. The van der Waals surface area contributed by atoms with Crippen LogP contribution >= 0.6 is 0 Å². The van der Waals surface area contributed by atoms with E-state index < -0.39 is 10.0 Å². The Morgan fingerprint density at radius 1 is 1.10 bits per heavy atom. The summed E-state index contributed by atoms with van der Waals surface area (Å²) in [6.07, 6.45) is 9.48. The molecule has 0 aromatic heterocycles. The minimum absolute atomic E-state index is 0.288. The molecule has 0 radical (unpaired) electrons. The first-order valence-electron chi connectivity index (χ1n) is 8.33. The van der Waals surface area contributed by atoms with E-state index in [0.29, 0.717) is 24.5 Å². The molecule has 0 aromatic rings. The molecule has 4 nitrogen and oxygen atoms in total. The molecule has 1 unspecified atom stereocenters. The summed E-state index contributed by atoms with van der Waals surface area (Å²) >= 11 is 0. The van der Waals surface area contributed by atoms with Crippen molar-refractivity contribution in [1.82, 2.24) is 9.62 Å². The molecule has 0 aromatic carbocycles. The second kappa shape index (κ2) is 5.93. The Kier molecular flexibility index (Phi) is 4.39. The zero-order chi connectivity index (χ0) is 14.2. The van der Waals surface area contributed by atoms with Crippen molar-refractivity contribution in [3.63, 3.8) is 0 Å². The van der Waals surface area contributed by atoms with Crippen LogP contribution in [0.5, 0.6) is 0 Å². The maximum atomic E-state index is 12.9. The average molecular weight is 300 g/mol. The molecule has 116 valence electrons. The molecule has 1 saturated heterocycles. The molecule has 2 saturated carbocycles. The number of rotatable bonds is 5. The van der Waals surface area contributed by atoms with Crippen LogP contribution in [0, 0.1) is 5.92 Å². The molecule has 1 aliphatic heterocycles. The highest BCUT2D eigenvalue weighted by Crippen LogP contribution is 2.37. The summed E-state index contributed by atoms with van der Waals surface area (Å²) in [5.74, 6) is 0.621. The van der Waals surface area contributed by atoms with E-state index >= 15 is 0 Å². The van der Waals surface area contributed by atoms with Crippen LogP contribution in [0.15, 0.2) is 0 Å². The lowest BCUT2D eigenvalue weighted by atomic mass is 9.79. The van der Waals surface area contributed by atoms with Gasteiger partial charge in [0.2, 0.25) is 10.0 Å². The summed E-state index contributed by atoms with van der Waals surface area (Å²) in [7, 11) is -3.13. The van der Waals surface area contributed by atoms with Gasteiger partial charge in [-0.25, -0.2) is 8.42 Å². The van der Waals surface area contributed by atoms with E-state index in [1.54, 1.807) is 0 Å². The van der Waals surface area contributed by atoms with Crippen LogP contribution < -0.4 is 5.32 Å². The standard InChI is InChI=1S/C15H28N2O2S/c1-12(11-16-14-8-9-14)20(18,19)17-10-4-6-13-5-2-3-7-15(13)17/h12-16H,2-11H2,1H3/t12?,13-,15-/m1/s1. The summed E-state index contributed by atoms with van der Waals surface area (Å²) in [5, 5.41) is 3.08. The molecule has 0 amide bonds. The van der Waals surface area contributed by atoms with Crippen LogP contribution in [-0.2, 0) is 10.0 Å². The van der Waals surface area contributed by atoms with Gasteiger partial charge in [0.1, 0.15) is 0 Å². The second-order valence-electron chi connectivity index (χ2n) is 6.90. The lowest BCUT2D eigenvalue weighted by Crippen LogP contribution is -2.53. The first kappa shape index (κ1) is 14.8. The van der Waals surface area contributed by atoms with Crippen molar-refractivity contribution in [3.8, 4) is 0 Å². The summed E-state index contributed by atoms with van der Waals surface area (Å²) in [6, 6.07) is 0.877. The fraction of sp³-hybridized carbons (Fsp3) is 1.00. The minimum atomic E-state index is -3.13. The molecule has 1 heterocycles. The quantitative estimate of drug-likeness (QED) is 0.846. The summed E-state index contributed by atoms with van der Waals surface area (Å²) < 4.78 is 27.6.